The van der Waals surface area contributed by atoms with Crippen molar-refractivity contribution >= 4 is 5.69 Å². The summed E-state index contributed by atoms with van der Waals surface area (Å²) in [6, 6.07) is 7.23. The summed E-state index contributed by atoms with van der Waals surface area (Å²) in [5, 5.41) is 6.86. The lowest BCUT2D eigenvalue weighted by molar-refractivity contribution is 0.442. The van der Waals surface area contributed by atoms with E-state index in [-0.39, 0.29) is 0 Å². The highest BCUT2D eigenvalue weighted by Gasteiger charge is 2.22. The number of nitrogens with zero attached hydrogens (tertiary/aromatic N) is 1. The smallest absolute Gasteiger partial charge is 0.0432 e. The van der Waals surface area contributed by atoms with Crippen molar-refractivity contribution in [1.82, 2.24) is 10.6 Å². The van der Waals surface area contributed by atoms with E-state index in [0.717, 1.165) is 26.2 Å². The van der Waals surface area contributed by atoms with Crippen molar-refractivity contribution in [1.29, 1.82) is 0 Å². The molecule has 1 heterocycles. The van der Waals surface area contributed by atoms with E-state index in [0.29, 0.717) is 12.0 Å². The highest BCUT2D eigenvalue weighted by Crippen LogP contribution is 2.31. The summed E-state index contributed by atoms with van der Waals surface area (Å²) in [6.07, 6.45) is 0. The Bertz CT molecular complexity index is 412. The number of hydrogen-bond acceptors (Lipinski definition) is 3. The van der Waals surface area contributed by atoms with Crippen LogP contribution in [0.25, 0.3) is 0 Å². The molecule has 0 spiro atoms. The molecule has 0 saturated carbocycles. The number of piperazine rings is 1. The summed E-state index contributed by atoms with van der Waals surface area (Å²) in [5.74, 6) is 0.576. The zero-order chi connectivity index (χ0) is 13.8. The van der Waals surface area contributed by atoms with Gasteiger partial charge in [0, 0.05) is 37.9 Å². The van der Waals surface area contributed by atoms with Gasteiger partial charge in [0.25, 0.3) is 0 Å². The quantitative estimate of drug-likeness (QED) is 0.869. The van der Waals surface area contributed by atoms with Crippen LogP contribution in [0.5, 0.6) is 0 Å². The van der Waals surface area contributed by atoms with E-state index in [4.69, 9.17) is 0 Å². The molecule has 0 amide bonds. The van der Waals surface area contributed by atoms with Crippen LogP contribution in [-0.4, -0.2) is 39.3 Å². The summed E-state index contributed by atoms with van der Waals surface area (Å²) in [7, 11) is 2.02. The van der Waals surface area contributed by atoms with E-state index in [1.165, 1.54) is 16.8 Å². The second-order valence-electron chi connectivity index (χ2n) is 5.82. The molecule has 1 aliphatic heterocycles. The second-order valence-corrected chi connectivity index (χ2v) is 5.82. The Morgan fingerprint density at radius 1 is 1.42 bits per heavy atom. The third-order valence-corrected chi connectivity index (χ3v) is 3.91. The number of likely N-dealkylation sites (N-methyl/N-ethyl adjacent to an activating group) is 1. The molecule has 1 aliphatic rings. The molecule has 106 valence electrons. The van der Waals surface area contributed by atoms with E-state index in [1.807, 2.05) is 7.05 Å². The zero-order valence-corrected chi connectivity index (χ0v) is 12.7. The molecule has 0 radical (unpaired) electrons. The minimum atomic E-state index is 0.540. The lowest BCUT2D eigenvalue weighted by atomic mass is 9.96. The van der Waals surface area contributed by atoms with Crippen molar-refractivity contribution in [3.63, 3.8) is 0 Å². The van der Waals surface area contributed by atoms with Gasteiger partial charge in [-0.05, 0) is 31.0 Å². The zero-order valence-electron chi connectivity index (χ0n) is 12.7. The first-order chi connectivity index (χ1) is 9.13. The molecule has 2 rings (SSSR count). The lowest BCUT2D eigenvalue weighted by Gasteiger charge is -2.37. The van der Waals surface area contributed by atoms with Crippen molar-refractivity contribution in [3.05, 3.63) is 29.3 Å². The molecule has 1 saturated heterocycles. The van der Waals surface area contributed by atoms with Gasteiger partial charge in [0.05, 0.1) is 0 Å². The van der Waals surface area contributed by atoms with Gasteiger partial charge in [-0.25, -0.2) is 0 Å². The van der Waals surface area contributed by atoms with Crippen molar-refractivity contribution in [2.24, 2.45) is 0 Å². The molecule has 0 aliphatic carbocycles. The molecule has 3 nitrogen and oxygen atoms in total. The van der Waals surface area contributed by atoms with E-state index in [9.17, 15) is 0 Å². The Morgan fingerprint density at radius 2 is 2.21 bits per heavy atom. The molecule has 19 heavy (non-hydrogen) atoms. The number of benzene rings is 1. The summed E-state index contributed by atoms with van der Waals surface area (Å²) >= 11 is 0. The number of nitrogens with one attached hydrogen (secondary N) is 2. The molecule has 2 N–H and O–H groups in total. The molecule has 1 aromatic carbocycles. The van der Waals surface area contributed by atoms with Crippen molar-refractivity contribution in [2.45, 2.75) is 32.7 Å². The number of rotatable bonds is 4. The number of hydrogen-bond donors (Lipinski definition) is 2. The van der Waals surface area contributed by atoms with E-state index in [1.54, 1.807) is 0 Å². The molecule has 1 fully saturated rings. The van der Waals surface area contributed by atoms with Crippen LogP contribution >= 0.6 is 0 Å². The summed E-state index contributed by atoms with van der Waals surface area (Å²) in [5.41, 5.74) is 4.33. The fourth-order valence-electron chi connectivity index (χ4n) is 2.99. The Kier molecular flexibility index (Phi) is 4.83. The van der Waals surface area contributed by atoms with Crippen LogP contribution in [0, 0.1) is 6.92 Å². The molecule has 0 aromatic heterocycles. The van der Waals surface area contributed by atoms with Crippen LogP contribution in [-0.2, 0) is 0 Å². The van der Waals surface area contributed by atoms with Crippen molar-refractivity contribution in [3.8, 4) is 0 Å². The first kappa shape index (κ1) is 14.4. The number of para-hydroxylation sites is 1. The summed E-state index contributed by atoms with van der Waals surface area (Å²) in [4.78, 5) is 2.56. The Hall–Kier alpha value is -1.06. The largest absolute Gasteiger partial charge is 0.368 e. The fraction of sp³-hybridized carbons (Fsp3) is 0.625. The number of aryl methyl sites for hydroxylation is 1. The van der Waals surface area contributed by atoms with Crippen LogP contribution < -0.4 is 15.5 Å². The minimum absolute atomic E-state index is 0.540. The summed E-state index contributed by atoms with van der Waals surface area (Å²) in [6.45, 7) is 11.1. The van der Waals surface area contributed by atoms with Crippen molar-refractivity contribution < 1.29 is 0 Å². The SMILES string of the molecule is CNCC1CN(c2c(C)cccc2C(C)C)CCN1. The van der Waals surface area contributed by atoms with Gasteiger partial charge in [0.15, 0.2) is 0 Å². The third kappa shape index (κ3) is 3.28. The van der Waals surface area contributed by atoms with Gasteiger partial charge >= 0.3 is 0 Å². The maximum absolute atomic E-state index is 3.58. The lowest BCUT2D eigenvalue weighted by Crippen LogP contribution is -2.54. The van der Waals surface area contributed by atoms with Gasteiger partial charge in [-0.15, -0.1) is 0 Å². The molecule has 1 unspecified atom stereocenters. The number of anilines is 1. The standard InChI is InChI=1S/C16H27N3/c1-12(2)15-7-5-6-13(3)16(15)19-9-8-18-14(11-19)10-17-4/h5-7,12,14,17-18H,8-11H2,1-4H3. The second kappa shape index (κ2) is 6.40. The highest BCUT2D eigenvalue weighted by molar-refractivity contribution is 5.61. The molecule has 1 aromatic rings. The van der Waals surface area contributed by atoms with Gasteiger partial charge in [0.2, 0.25) is 0 Å². The molecular formula is C16H27N3. The van der Waals surface area contributed by atoms with Gasteiger partial charge < -0.3 is 15.5 Å². The normalized spacial score (nSPS) is 20.1. The molecule has 1 atom stereocenters. The van der Waals surface area contributed by atoms with Gasteiger partial charge in [-0.3, -0.25) is 0 Å². The van der Waals surface area contributed by atoms with Crippen LogP contribution in [0.2, 0.25) is 0 Å². The van der Waals surface area contributed by atoms with Crippen LogP contribution in [0.3, 0.4) is 0 Å². The Morgan fingerprint density at radius 3 is 2.89 bits per heavy atom. The van der Waals surface area contributed by atoms with E-state index < -0.39 is 0 Å². The first-order valence-electron chi connectivity index (χ1n) is 7.36. The first-order valence-corrected chi connectivity index (χ1v) is 7.36. The van der Waals surface area contributed by atoms with Gasteiger partial charge in [-0.1, -0.05) is 32.0 Å². The highest BCUT2D eigenvalue weighted by atomic mass is 15.2. The monoisotopic (exact) mass is 261 g/mol. The van der Waals surface area contributed by atoms with E-state index in [2.05, 4.69) is 54.5 Å². The summed E-state index contributed by atoms with van der Waals surface area (Å²) < 4.78 is 0. The van der Waals surface area contributed by atoms with Crippen LogP contribution in [0.1, 0.15) is 30.9 Å². The topological polar surface area (TPSA) is 27.3 Å². The average Bonchev–Trinajstić information content (AvgIpc) is 2.39. The Balaban J connectivity index is 2.25. The average molecular weight is 261 g/mol. The molecular weight excluding hydrogens is 234 g/mol. The van der Waals surface area contributed by atoms with E-state index >= 15 is 0 Å². The molecule has 0 bridgehead atoms. The fourth-order valence-corrected chi connectivity index (χ4v) is 2.99. The van der Waals surface area contributed by atoms with Crippen LogP contribution in [0.15, 0.2) is 18.2 Å². The minimum Gasteiger partial charge on any atom is -0.368 e. The van der Waals surface area contributed by atoms with Crippen LogP contribution in [0.4, 0.5) is 5.69 Å². The maximum atomic E-state index is 3.58. The predicted octanol–water partition coefficient (Wildman–Crippen LogP) is 2.12. The van der Waals surface area contributed by atoms with Gasteiger partial charge in [0.1, 0.15) is 0 Å². The van der Waals surface area contributed by atoms with Gasteiger partial charge in [-0.2, -0.15) is 0 Å². The Labute approximate surface area is 117 Å². The molecule has 3 heteroatoms. The predicted molar refractivity (Wildman–Crippen MR) is 83.2 cm³/mol. The maximum Gasteiger partial charge on any atom is 0.0432 e. The third-order valence-electron chi connectivity index (χ3n) is 3.91. The van der Waals surface area contributed by atoms with Crippen molar-refractivity contribution in [2.75, 3.05) is 38.1 Å².